The Kier molecular flexibility index (Phi) is 7.74. The van der Waals surface area contributed by atoms with Gasteiger partial charge in [0.25, 0.3) is 5.91 Å². The molecule has 0 aromatic heterocycles. The summed E-state index contributed by atoms with van der Waals surface area (Å²) in [7, 11) is 0. The lowest BCUT2D eigenvalue weighted by Crippen LogP contribution is -2.17. The third-order valence-corrected chi connectivity index (χ3v) is 5.85. The van der Waals surface area contributed by atoms with Crippen LogP contribution >= 0.6 is 11.6 Å². The first-order valence-corrected chi connectivity index (χ1v) is 11.5. The van der Waals surface area contributed by atoms with Gasteiger partial charge >= 0.3 is 0 Å². The Bertz CT molecular complexity index is 1350. The van der Waals surface area contributed by atoms with Crippen LogP contribution in [0.4, 0.5) is 0 Å². The summed E-state index contributed by atoms with van der Waals surface area (Å²) in [6, 6.07) is 27.0. The molecule has 170 valence electrons. The average molecular weight is 469 g/mol. The van der Waals surface area contributed by atoms with Gasteiger partial charge < -0.3 is 5.11 Å². The molecule has 0 heterocycles. The van der Waals surface area contributed by atoms with E-state index in [1.54, 1.807) is 6.21 Å². The maximum Gasteiger partial charge on any atom is 0.271 e. The maximum atomic E-state index is 12.3. The molecule has 4 aromatic carbocycles. The summed E-state index contributed by atoms with van der Waals surface area (Å²) in [4.78, 5) is 12.3. The molecule has 0 fully saturated rings. The second-order valence-electron chi connectivity index (χ2n) is 7.94. The SMILES string of the molecule is O=C(NN=Cc1ccc(C=CCCCc2ccccc2)c2ccccc12)c1ccc(O)c(Cl)c1. The number of carbonyl (C=O) groups excluding carboxylic acids is 1. The van der Waals surface area contributed by atoms with Crippen LogP contribution in [0.25, 0.3) is 16.8 Å². The van der Waals surface area contributed by atoms with E-state index in [0.29, 0.717) is 5.56 Å². The first-order valence-electron chi connectivity index (χ1n) is 11.2. The van der Waals surface area contributed by atoms with Crippen LogP contribution in [-0.2, 0) is 6.42 Å². The van der Waals surface area contributed by atoms with E-state index in [2.05, 4.69) is 59.1 Å². The molecule has 34 heavy (non-hydrogen) atoms. The van der Waals surface area contributed by atoms with E-state index in [-0.39, 0.29) is 10.8 Å². The number of rotatable bonds is 8. The number of aromatic hydroxyl groups is 1. The Labute approximate surface area is 204 Å². The molecule has 4 aromatic rings. The van der Waals surface area contributed by atoms with Crippen molar-refractivity contribution in [2.45, 2.75) is 19.3 Å². The minimum absolute atomic E-state index is 0.0708. The van der Waals surface area contributed by atoms with Crippen LogP contribution in [0.15, 0.2) is 96.1 Å². The van der Waals surface area contributed by atoms with E-state index in [1.165, 1.54) is 23.8 Å². The van der Waals surface area contributed by atoms with Crippen molar-refractivity contribution in [1.29, 1.82) is 0 Å². The van der Waals surface area contributed by atoms with Crippen LogP contribution in [0.2, 0.25) is 5.02 Å². The van der Waals surface area contributed by atoms with E-state index in [4.69, 9.17) is 11.6 Å². The van der Waals surface area contributed by atoms with Gasteiger partial charge in [0.1, 0.15) is 5.75 Å². The number of phenols is 1. The minimum Gasteiger partial charge on any atom is -0.506 e. The summed E-state index contributed by atoms with van der Waals surface area (Å²) in [6.45, 7) is 0. The van der Waals surface area contributed by atoms with E-state index in [1.807, 2.05) is 30.3 Å². The largest absolute Gasteiger partial charge is 0.506 e. The molecule has 1 amide bonds. The fraction of sp³-hybridized carbons (Fsp3) is 0.103. The monoisotopic (exact) mass is 468 g/mol. The molecule has 2 N–H and O–H groups in total. The van der Waals surface area contributed by atoms with Gasteiger partial charge in [-0.05, 0) is 59.4 Å². The zero-order valence-electron chi connectivity index (χ0n) is 18.6. The van der Waals surface area contributed by atoms with E-state index >= 15 is 0 Å². The number of nitrogens with one attached hydrogen (secondary N) is 1. The highest BCUT2D eigenvalue weighted by molar-refractivity contribution is 6.32. The molecule has 5 heteroatoms. The molecule has 0 spiro atoms. The van der Waals surface area contributed by atoms with Crippen molar-refractivity contribution in [2.24, 2.45) is 5.10 Å². The summed E-state index contributed by atoms with van der Waals surface area (Å²) in [5.74, 6) is -0.476. The van der Waals surface area contributed by atoms with Crippen LogP contribution in [0, 0.1) is 0 Å². The van der Waals surface area contributed by atoms with Crippen molar-refractivity contribution >= 4 is 40.6 Å². The standard InChI is InChI=1S/C29H25ClN2O2/c30-27-19-23(17-18-28(27)33)29(34)32-31-20-24-16-15-22(25-13-7-8-14-26(24)25)12-6-2-5-11-21-9-3-1-4-10-21/h1,3-4,6-10,12-20,33H,2,5,11H2,(H,32,34). The smallest absolute Gasteiger partial charge is 0.271 e. The summed E-state index contributed by atoms with van der Waals surface area (Å²) in [6.07, 6.45) is 9.22. The summed E-state index contributed by atoms with van der Waals surface area (Å²) >= 11 is 5.88. The van der Waals surface area contributed by atoms with Gasteiger partial charge in [0.2, 0.25) is 0 Å². The Morgan fingerprint density at radius 3 is 2.38 bits per heavy atom. The first-order chi connectivity index (χ1) is 16.6. The Balaban J connectivity index is 1.42. The fourth-order valence-electron chi connectivity index (χ4n) is 3.76. The molecule has 0 atom stereocenters. The summed E-state index contributed by atoms with van der Waals surface area (Å²) in [5.41, 5.74) is 6.25. The Morgan fingerprint density at radius 2 is 1.62 bits per heavy atom. The molecule has 0 aliphatic carbocycles. The van der Waals surface area contributed by atoms with Crippen molar-refractivity contribution in [3.8, 4) is 5.75 Å². The topological polar surface area (TPSA) is 61.7 Å². The molecule has 4 nitrogen and oxygen atoms in total. The highest BCUT2D eigenvalue weighted by Crippen LogP contribution is 2.24. The van der Waals surface area contributed by atoms with Gasteiger partial charge in [-0.25, -0.2) is 5.43 Å². The van der Waals surface area contributed by atoms with Crippen molar-refractivity contribution in [2.75, 3.05) is 0 Å². The molecule has 0 saturated carbocycles. The molecule has 0 radical (unpaired) electrons. The number of benzene rings is 4. The number of amides is 1. The lowest BCUT2D eigenvalue weighted by molar-refractivity contribution is 0.0955. The van der Waals surface area contributed by atoms with Gasteiger partial charge in [-0.1, -0.05) is 90.5 Å². The highest BCUT2D eigenvalue weighted by atomic mass is 35.5. The second kappa shape index (κ2) is 11.3. The number of hydrazone groups is 1. The normalized spacial score (nSPS) is 11.4. The number of hydrogen-bond acceptors (Lipinski definition) is 3. The second-order valence-corrected chi connectivity index (χ2v) is 8.34. The number of nitrogens with zero attached hydrogens (tertiary/aromatic N) is 1. The fourth-order valence-corrected chi connectivity index (χ4v) is 3.94. The highest BCUT2D eigenvalue weighted by Gasteiger charge is 2.08. The average Bonchev–Trinajstić information content (AvgIpc) is 2.87. The van der Waals surface area contributed by atoms with Crippen molar-refractivity contribution in [3.05, 3.63) is 118 Å². The first kappa shape index (κ1) is 23.3. The summed E-state index contributed by atoms with van der Waals surface area (Å²) < 4.78 is 0. The Morgan fingerprint density at radius 1 is 0.912 bits per heavy atom. The van der Waals surface area contributed by atoms with Gasteiger partial charge in [0, 0.05) is 11.1 Å². The minimum atomic E-state index is -0.405. The van der Waals surface area contributed by atoms with Gasteiger partial charge in [-0.3, -0.25) is 4.79 Å². The number of fused-ring (bicyclic) bond motifs is 1. The van der Waals surface area contributed by atoms with Crippen molar-refractivity contribution in [1.82, 2.24) is 5.43 Å². The van der Waals surface area contributed by atoms with Crippen LogP contribution in [0.1, 0.15) is 39.9 Å². The van der Waals surface area contributed by atoms with Crippen LogP contribution in [0.3, 0.4) is 0 Å². The molecule has 4 rings (SSSR count). The maximum absolute atomic E-state index is 12.3. The molecule has 0 aliphatic heterocycles. The van der Waals surface area contributed by atoms with Gasteiger partial charge in [-0.15, -0.1) is 0 Å². The lowest BCUT2D eigenvalue weighted by Gasteiger charge is -2.06. The van der Waals surface area contributed by atoms with Gasteiger partial charge in [-0.2, -0.15) is 5.10 Å². The predicted octanol–water partition coefficient (Wildman–Crippen LogP) is 7.00. The number of aryl methyl sites for hydroxylation is 1. The number of unbranched alkanes of at least 4 members (excludes halogenated alkanes) is 1. The van der Waals surface area contributed by atoms with E-state index in [0.717, 1.165) is 41.2 Å². The van der Waals surface area contributed by atoms with Crippen molar-refractivity contribution in [3.63, 3.8) is 0 Å². The van der Waals surface area contributed by atoms with Crippen LogP contribution in [-0.4, -0.2) is 17.2 Å². The lowest BCUT2D eigenvalue weighted by atomic mass is 9.99. The Hall–Kier alpha value is -3.89. The van der Waals surface area contributed by atoms with E-state index in [9.17, 15) is 9.90 Å². The molecule has 0 aliphatic rings. The molecule has 0 unspecified atom stereocenters. The van der Waals surface area contributed by atoms with Crippen LogP contribution < -0.4 is 5.43 Å². The number of carbonyl (C=O) groups is 1. The number of hydrogen-bond donors (Lipinski definition) is 2. The van der Waals surface area contributed by atoms with Crippen molar-refractivity contribution < 1.29 is 9.90 Å². The number of phenolic OH excluding ortho intramolecular Hbond substituents is 1. The third-order valence-electron chi connectivity index (χ3n) is 5.55. The molecule has 0 bridgehead atoms. The quantitative estimate of drug-likeness (QED) is 0.166. The zero-order valence-corrected chi connectivity index (χ0v) is 19.4. The number of halogens is 1. The predicted molar refractivity (Wildman–Crippen MR) is 141 cm³/mol. The summed E-state index contributed by atoms with van der Waals surface area (Å²) in [5, 5.41) is 15.9. The van der Waals surface area contributed by atoms with E-state index < -0.39 is 5.91 Å². The molecular formula is C29H25ClN2O2. The third kappa shape index (κ3) is 5.91. The number of allylic oxidation sites excluding steroid dienone is 1. The molecular weight excluding hydrogens is 444 g/mol. The van der Waals surface area contributed by atoms with Crippen LogP contribution in [0.5, 0.6) is 5.75 Å². The van der Waals surface area contributed by atoms with Gasteiger partial charge in [0.15, 0.2) is 0 Å². The van der Waals surface area contributed by atoms with Gasteiger partial charge in [0.05, 0.1) is 11.2 Å². The molecule has 0 saturated heterocycles. The zero-order chi connectivity index (χ0) is 23.8.